The van der Waals surface area contributed by atoms with Gasteiger partial charge in [0.2, 0.25) is 0 Å². The topological polar surface area (TPSA) is 106 Å². The summed E-state index contributed by atoms with van der Waals surface area (Å²) < 4.78 is 84.4. The number of anilines is 2. The third kappa shape index (κ3) is 3.68. The number of urea groups is 1. The van der Waals surface area contributed by atoms with Crippen LogP contribution in [0.15, 0.2) is 36.9 Å². The van der Waals surface area contributed by atoms with Gasteiger partial charge in [0, 0.05) is 12.6 Å². The molecule has 0 spiro atoms. The van der Waals surface area contributed by atoms with E-state index in [0.717, 1.165) is 41.1 Å². The highest BCUT2D eigenvalue weighted by atomic mass is 35.5. The SMILES string of the molecule is C[C@@]1(C(F)(F)F)CN(C(=O)Nc2cnc(-n3nccn3)c(C(F)(F)F)c2)c2cnc3cc(Cl)nn3c21. The second-order valence-corrected chi connectivity index (χ2v) is 8.37. The second kappa shape index (κ2) is 7.78. The molecule has 5 rings (SSSR count). The minimum absolute atomic E-state index is 0.0262. The van der Waals surface area contributed by atoms with Crippen molar-refractivity contribution in [2.24, 2.45) is 0 Å². The van der Waals surface area contributed by atoms with E-state index < -0.39 is 53.1 Å². The maximum atomic E-state index is 14.2. The average molecular weight is 532 g/mol. The van der Waals surface area contributed by atoms with E-state index in [2.05, 4.69) is 30.6 Å². The van der Waals surface area contributed by atoms with E-state index in [1.165, 1.54) is 6.07 Å². The van der Waals surface area contributed by atoms with Crippen LogP contribution in [0.4, 0.5) is 42.5 Å². The summed E-state index contributed by atoms with van der Waals surface area (Å²) in [4.78, 5) is 22.1. The highest BCUT2D eigenvalue weighted by Crippen LogP contribution is 2.50. The Morgan fingerprint density at radius 1 is 1.08 bits per heavy atom. The van der Waals surface area contributed by atoms with Gasteiger partial charge in [-0.1, -0.05) is 11.6 Å². The van der Waals surface area contributed by atoms with E-state index in [1.54, 1.807) is 0 Å². The number of amides is 2. The standard InChI is InChI=1S/C19H12ClF6N9O/c1-17(19(24,25)26)8-33(11-7-27-13-5-12(20)32-34(13)14(11)17)16(36)31-9-4-10(18(21,22)23)15(28-6-9)35-29-2-3-30-35/h2-7H,8H2,1H3,(H,31,36)/t17-/m1/s1. The summed E-state index contributed by atoms with van der Waals surface area (Å²) in [7, 11) is 0. The Bertz CT molecular complexity index is 1480. The monoisotopic (exact) mass is 531 g/mol. The first kappa shape index (κ1) is 23.8. The number of carbonyl (C=O) groups excluding carboxylic acids is 1. The van der Waals surface area contributed by atoms with Gasteiger partial charge in [-0.25, -0.2) is 19.3 Å². The van der Waals surface area contributed by atoms with Gasteiger partial charge in [0.1, 0.15) is 11.0 Å². The number of hydrogen-bond donors (Lipinski definition) is 1. The molecule has 1 aliphatic heterocycles. The third-order valence-electron chi connectivity index (χ3n) is 5.62. The fourth-order valence-corrected chi connectivity index (χ4v) is 4.08. The highest BCUT2D eigenvalue weighted by molar-refractivity contribution is 6.29. The first-order valence-corrected chi connectivity index (χ1v) is 10.3. The molecule has 4 aromatic heterocycles. The lowest BCUT2D eigenvalue weighted by Gasteiger charge is -2.28. The van der Waals surface area contributed by atoms with Crippen molar-refractivity contribution < 1.29 is 31.1 Å². The predicted molar refractivity (Wildman–Crippen MR) is 112 cm³/mol. The molecule has 0 fully saturated rings. The molecule has 17 heteroatoms. The number of aromatic nitrogens is 7. The van der Waals surface area contributed by atoms with Crippen molar-refractivity contribution in [3.8, 4) is 5.82 Å². The average Bonchev–Trinajstić information content (AvgIpc) is 3.50. The van der Waals surface area contributed by atoms with E-state index in [4.69, 9.17) is 11.6 Å². The molecule has 36 heavy (non-hydrogen) atoms. The molecule has 0 saturated heterocycles. The molecule has 1 N–H and O–H groups in total. The van der Waals surface area contributed by atoms with E-state index in [-0.39, 0.29) is 16.5 Å². The van der Waals surface area contributed by atoms with Gasteiger partial charge in [0.25, 0.3) is 0 Å². The summed E-state index contributed by atoms with van der Waals surface area (Å²) in [5, 5.41) is 13.2. The normalized spacial score (nSPS) is 18.1. The predicted octanol–water partition coefficient (Wildman–Crippen LogP) is 4.25. The van der Waals surface area contributed by atoms with Crippen molar-refractivity contribution >= 4 is 34.7 Å². The van der Waals surface area contributed by atoms with Crippen molar-refractivity contribution in [2.45, 2.75) is 24.7 Å². The molecule has 2 amide bonds. The van der Waals surface area contributed by atoms with Crippen molar-refractivity contribution in [2.75, 3.05) is 16.8 Å². The van der Waals surface area contributed by atoms with Crippen LogP contribution in [0.3, 0.4) is 0 Å². The molecule has 0 unspecified atom stereocenters. The smallest absolute Gasteiger partial charge is 0.306 e. The minimum Gasteiger partial charge on any atom is -0.306 e. The van der Waals surface area contributed by atoms with Crippen LogP contribution < -0.4 is 10.2 Å². The summed E-state index contributed by atoms with van der Waals surface area (Å²) in [6.07, 6.45) is -5.48. The molecule has 5 heterocycles. The summed E-state index contributed by atoms with van der Waals surface area (Å²) >= 11 is 5.84. The van der Waals surface area contributed by atoms with Crippen LogP contribution in [0, 0.1) is 0 Å². The minimum atomic E-state index is -4.90. The number of carbonyl (C=O) groups is 1. The Labute approximate surface area is 201 Å². The molecule has 188 valence electrons. The Balaban J connectivity index is 1.54. The maximum absolute atomic E-state index is 14.2. The van der Waals surface area contributed by atoms with Crippen LogP contribution in [0.25, 0.3) is 11.5 Å². The number of fused-ring (bicyclic) bond motifs is 3. The lowest BCUT2D eigenvalue weighted by molar-refractivity contribution is -0.181. The van der Waals surface area contributed by atoms with Crippen LogP contribution in [0.2, 0.25) is 5.15 Å². The van der Waals surface area contributed by atoms with Crippen LogP contribution >= 0.6 is 11.6 Å². The summed E-state index contributed by atoms with van der Waals surface area (Å²) in [6.45, 7) is -0.00584. The van der Waals surface area contributed by atoms with Gasteiger partial charge in [-0.2, -0.15) is 41.6 Å². The molecule has 0 saturated carbocycles. The molecular formula is C19H12ClF6N9O. The highest BCUT2D eigenvalue weighted by Gasteiger charge is 2.60. The van der Waals surface area contributed by atoms with Crippen molar-refractivity contribution in [1.29, 1.82) is 0 Å². The van der Waals surface area contributed by atoms with Gasteiger partial charge in [0.15, 0.2) is 16.6 Å². The van der Waals surface area contributed by atoms with Crippen molar-refractivity contribution in [3.05, 3.63) is 53.3 Å². The number of nitrogens with one attached hydrogen (secondary N) is 1. The van der Waals surface area contributed by atoms with E-state index in [1.807, 2.05) is 0 Å². The Morgan fingerprint density at radius 2 is 1.78 bits per heavy atom. The van der Waals surface area contributed by atoms with Crippen LogP contribution in [0.1, 0.15) is 18.2 Å². The molecule has 4 aromatic rings. The van der Waals surface area contributed by atoms with Crippen LogP contribution in [0.5, 0.6) is 0 Å². The summed E-state index contributed by atoms with van der Waals surface area (Å²) in [5.74, 6) is -0.649. The Kier molecular flexibility index (Phi) is 5.14. The van der Waals surface area contributed by atoms with Crippen molar-refractivity contribution in [3.63, 3.8) is 0 Å². The first-order chi connectivity index (χ1) is 16.8. The number of rotatable bonds is 2. The fraction of sp³-hybridized carbons (Fsp3) is 0.263. The molecule has 1 aliphatic rings. The fourth-order valence-electron chi connectivity index (χ4n) is 3.90. The summed E-state index contributed by atoms with van der Waals surface area (Å²) in [5.41, 5.74) is -4.87. The van der Waals surface area contributed by atoms with Crippen LogP contribution in [-0.2, 0) is 11.6 Å². The number of nitrogens with zero attached hydrogens (tertiary/aromatic N) is 8. The van der Waals surface area contributed by atoms with Crippen LogP contribution in [-0.4, -0.2) is 53.3 Å². The molecular weight excluding hydrogens is 520 g/mol. The van der Waals surface area contributed by atoms with Gasteiger partial charge in [-0.15, -0.1) is 4.80 Å². The van der Waals surface area contributed by atoms with Gasteiger partial charge in [-0.3, -0.25) is 4.90 Å². The third-order valence-corrected chi connectivity index (χ3v) is 5.81. The van der Waals surface area contributed by atoms with Crippen molar-refractivity contribution in [1.82, 2.24) is 34.6 Å². The number of pyridine rings is 1. The quantitative estimate of drug-likeness (QED) is 0.388. The zero-order chi connectivity index (χ0) is 26.0. The van der Waals surface area contributed by atoms with Gasteiger partial charge >= 0.3 is 18.4 Å². The van der Waals surface area contributed by atoms with E-state index in [0.29, 0.717) is 10.9 Å². The Morgan fingerprint density at radius 3 is 2.42 bits per heavy atom. The lowest BCUT2D eigenvalue weighted by atomic mass is 9.88. The first-order valence-electron chi connectivity index (χ1n) is 9.93. The van der Waals surface area contributed by atoms with Gasteiger partial charge < -0.3 is 5.32 Å². The second-order valence-electron chi connectivity index (χ2n) is 7.99. The zero-order valence-electron chi connectivity index (χ0n) is 17.8. The van der Waals surface area contributed by atoms with Gasteiger partial charge in [-0.05, 0) is 13.0 Å². The molecule has 1 atom stereocenters. The number of halogens is 7. The number of alkyl halides is 6. The molecule has 0 aromatic carbocycles. The zero-order valence-corrected chi connectivity index (χ0v) is 18.6. The summed E-state index contributed by atoms with van der Waals surface area (Å²) in [6, 6.07) is 0.698. The molecule has 0 aliphatic carbocycles. The largest absolute Gasteiger partial charge is 0.420 e. The maximum Gasteiger partial charge on any atom is 0.420 e. The molecule has 0 radical (unpaired) electrons. The van der Waals surface area contributed by atoms with E-state index >= 15 is 0 Å². The van der Waals surface area contributed by atoms with E-state index in [9.17, 15) is 31.1 Å². The number of hydrogen-bond acceptors (Lipinski definition) is 6. The lowest BCUT2D eigenvalue weighted by Crippen LogP contribution is -2.46. The Hall–Kier alpha value is -3.95. The molecule has 0 bridgehead atoms. The molecule has 10 nitrogen and oxygen atoms in total. The van der Waals surface area contributed by atoms with Gasteiger partial charge in [0.05, 0.1) is 41.9 Å².